The summed E-state index contributed by atoms with van der Waals surface area (Å²) in [6.07, 6.45) is 1.50. The smallest absolute Gasteiger partial charge is 0.266 e. The summed E-state index contributed by atoms with van der Waals surface area (Å²) in [7, 11) is 3.05. The number of amides is 1. The number of carbonyl (C=O) groups is 1. The predicted octanol–water partition coefficient (Wildman–Crippen LogP) is 4.80. The van der Waals surface area contributed by atoms with Gasteiger partial charge in [-0.05, 0) is 65.7 Å². The molecule has 0 saturated heterocycles. The molecule has 0 aliphatic heterocycles. The number of nitrogens with zero attached hydrogens (tertiary/aromatic N) is 1. The summed E-state index contributed by atoms with van der Waals surface area (Å²) in [6.45, 7) is 3.84. The predicted molar refractivity (Wildman–Crippen MR) is 112 cm³/mol. The van der Waals surface area contributed by atoms with Gasteiger partial charge in [-0.1, -0.05) is 6.07 Å². The SMILES string of the molecule is COc1cc(/C=C(\C#N)C(=O)Nc2cccc(OC(C)C)c2)cc(Br)c1OC. The summed E-state index contributed by atoms with van der Waals surface area (Å²) in [4.78, 5) is 12.5. The number of methoxy groups -OCH3 is 2. The number of benzene rings is 2. The van der Waals surface area contributed by atoms with Gasteiger partial charge in [-0.25, -0.2) is 0 Å². The number of hydrogen-bond acceptors (Lipinski definition) is 5. The fraction of sp³-hybridized carbons (Fsp3) is 0.238. The summed E-state index contributed by atoms with van der Waals surface area (Å²) < 4.78 is 16.8. The van der Waals surface area contributed by atoms with Crippen molar-refractivity contribution in [2.24, 2.45) is 0 Å². The maximum Gasteiger partial charge on any atom is 0.266 e. The number of ether oxygens (including phenoxy) is 3. The van der Waals surface area contributed by atoms with Gasteiger partial charge in [-0.3, -0.25) is 4.79 Å². The molecule has 6 nitrogen and oxygen atoms in total. The van der Waals surface area contributed by atoms with E-state index in [-0.39, 0.29) is 11.7 Å². The first-order valence-electron chi connectivity index (χ1n) is 8.49. The van der Waals surface area contributed by atoms with Gasteiger partial charge in [-0.2, -0.15) is 5.26 Å². The Hall–Kier alpha value is -2.98. The van der Waals surface area contributed by atoms with Crippen molar-refractivity contribution in [1.29, 1.82) is 5.26 Å². The molecule has 0 fully saturated rings. The third kappa shape index (κ3) is 5.51. The molecule has 0 unspecified atom stereocenters. The lowest BCUT2D eigenvalue weighted by Gasteiger charge is -2.12. The molecule has 7 heteroatoms. The summed E-state index contributed by atoms with van der Waals surface area (Å²) >= 11 is 3.40. The zero-order valence-corrected chi connectivity index (χ0v) is 17.7. The summed E-state index contributed by atoms with van der Waals surface area (Å²) in [5.41, 5.74) is 1.11. The Morgan fingerprint density at radius 1 is 1.21 bits per heavy atom. The van der Waals surface area contributed by atoms with Gasteiger partial charge in [-0.15, -0.1) is 0 Å². The molecular formula is C21H21BrN2O4. The summed E-state index contributed by atoms with van der Waals surface area (Å²) in [5.74, 6) is 1.14. The molecule has 0 atom stereocenters. The molecule has 0 bridgehead atoms. The second-order valence-corrected chi connectivity index (χ2v) is 6.91. The lowest BCUT2D eigenvalue weighted by Crippen LogP contribution is -2.13. The molecule has 0 saturated carbocycles. The Labute approximate surface area is 172 Å². The molecule has 0 aliphatic carbocycles. The largest absolute Gasteiger partial charge is 0.493 e. The monoisotopic (exact) mass is 444 g/mol. The van der Waals surface area contributed by atoms with Gasteiger partial charge in [0.2, 0.25) is 0 Å². The van der Waals surface area contributed by atoms with Crippen molar-refractivity contribution in [3.05, 3.63) is 52.0 Å². The number of nitriles is 1. The van der Waals surface area contributed by atoms with Crippen molar-refractivity contribution in [2.75, 3.05) is 19.5 Å². The molecule has 2 aromatic carbocycles. The zero-order chi connectivity index (χ0) is 20.7. The van der Waals surface area contributed by atoms with Gasteiger partial charge in [0, 0.05) is 11.8 Å². The molecule has 28 heavy (non-hydrogen) atoms. The standard InChI is InChI=1S/C21H21BrN2O4/c1-13(2)28-17-7-5-6-16(11-17)24-21(25)15(12-23)8-14-9-18(22)20(27-4)19(10-14)26-3/h5-11,13H,1-4H3,(H,24,25)/b15-8+. The molecule has 0 radical (unpaired) electrons. The molecule has 0 spiro atoms. The average molecular weight is 445 g/mol. The van der Waals surface area contributed by atoms with Crippen molar-refractivity contribution in [1.82, 2.24) is 0 Å². The van der Waals surface area contributed by atoms with Gasteiger partial charge in [0.1, 0.15) is 17.4 Å². The van der Waals surface area contributed by atoms with E-state index in [0.717, 1.165) is 0 Å². The van der Waals surface area contributed by atoms with Crippen LogP contribution in [0.4, 0.5) is 5.69 Å². The van der Waals surface area contributed by atoms with Crippen LogP contribution in [0.15, 0.2) is 46.4 Å². The number of nitrogens with one attached hydrogen (secondary N) is 1. The number of rotatable bonds is 7. The number of anilines is 1. The van der Waals surface area contributed by atoms with Gasteiger partial charge >= 0.3 is 0 Å². The molecule has 1 N–H and O–H groups in total. The minimum Gasteiger partial charge on any atom is -0.493 e. The van der Waals surface area contributed by atoms with Crippen LogP contribution in [0.25, 0.3) is 6.08 Å². The second kappa shape index (κ2) is 9.81. The van der Waals surface area contributed by atoms with Crippen LogP contribution in [-0.2, 0) is 4.79 Å². The van der Waals surface area contributed by atoms with Crippen LogP contribution in [0, 0.1) is 11.3 Å². The van der Waals surface area contributed by atoms with Gasteiger partial charge in [0.15, 0.2) is 11.5 Å². The molecule has 0 aromatic heterocycles. The molecule has 146 valence electrons. The molecule has 1 amide bonds. The fourth-order valence-electron chi connectivity index (χ4n) is 2.45. The van der Waals surface area contributed by atoms with Crippen molar-refractivity contribution in [3.63, 3.8) is 0 Å². The molecule has 2 rings (SSSR count). The normalized spacial score (nSPS) is 11.0. The van der Waals surface area contributed by atoms with Crippen LogP contribution < -0.4 is 19.5 Å². The maximum absolute atomic E-state index is 12.5. The minimum atomic E-state index is -0.518. The van der Waals surface area contributed by atoms with Crippen LogP contribution in [0.1, 0.15) is 19.4 Å². The highest BCUT2D eigenvalue weighted by atomic mass is 79.9. The Kier molecular flexibility index (Phi) is 7.47. The molecule has 0 aliphatic rings. The van der Waals surface area contributed by atoms with Crippen molar-refractivity contribution < 1.29 is 19.0 Å². The lowest BCUT2D eigenvalue weighted by molar-refractivity contribution is -0.112. The van der Waals surface area contributed by atoms with Crippen LogP contribution in [0.5, 0.6) is 17.2 Å². The van der Waals surface area contributed by atoms with E-state index in [9.17, 15) is 10.1 Å². The number of carbonyl (C=O) groups excluding carboxylic acids is 1. The number of halogens is 1. The highest BCUT2D eigenvalue weighted by molar-refractivity contribution is 9.10. The molecule has 2 aromatic rings. The van der Waals surface area contributed by atoms with Crippen LogP contribution in [0.3, 0.4) is 0 Å². The number of hydrogen-bond donors (Lipinski definition) is 1. The van der Waals surface area contributed by atoms with Crippen LogP contribution >= 0.6 is 15.9 Å². The maximum atomic E-state index is 12.5. The Balaban J connectivity index is 2.27. The van der Waals surface area contributed by atoms with Gasteiger partial charge < -0.3 is 19.5 Å². The first kappa shape index (κ1) is 21.3. The van der Waals surface area contributed by atoms with Crippen LogP contribution in [0.2, 0.25) is 0 Å². The third-order valence-electron chi connectivity index (χ3n) is 3.60. The highest BCUT2D eigenvalue weighted by Crippen LogP contribution is 2.36. The van der Waals surface area contributed by atoms with Gasteiger partial charge in [0.25, 0.3) is 5.91 Å². The van der Waals surface area contributed by atoms with E-state index in [1.165, 1.54) is 20.3 Å². The first-order chi connectivity index (χ1) is 13.4. The third-order valence-corrected chi connectivity index (χ3v) is 4.18. The molecule has 0 heterocycles. The fourth-order valence-corrected chi connectivity index (χ4v) is 3.08. The summed E-state index contributed by atoms with van der Waals surface area (Å²) in [6, 6.07) is 12.4. The minimum absolute atomic E-state index is 0.0176. The van der Waals surface area contributed by atoms with E-state index < -0.39 is 5.91 Å². The van der Waals surface area contributed by atoms with Crippen molar-refractivity contribution in [2.45, 2.75) is 20.0 Å². The van der Waals surface area contributed by atoms with E-state index in [2.05, 4.69) is 21.2 Å². The van der Waals surface area contributed by atoms with Crippen molar-refractivity contribution >= 4 is 33.6 Å². The highest BCUT2D eigenvalue weighted by Gasteiger charge is 2.13. The van der Waals surface area contributed by atoms with Crippen molar-refractivity contribution in [3.8, 4) is 23.3 Å². The van der Waals surface area contributed by atoms with Crippen LogP contribution in [-0.4, -0.2) is 26.2 Å². The quantitative estimate of drug-likeness (QED) is 0.489. The van der Waals surface area contributed by atoms with E-state index in [4.69, 9.17) is 14.2 Å². The topological polar surface area (TPSA) is 80.6 Å². The Morgan fingerprint density at radius 3 is 2.57 bits per heavy atom. The zero-order valence-electron chi connectivity index (χ0n) is 16.1. The van der Waals surface area contributed by atoms with E-state index in [0.29, 0.717) is 33.0 Å². The lowest BCUT2D eigenvalue weighted by atomic mass is 10.1. The first-order valence-corrected chi connectivity index (χ1v) is 9.28. The molecular weight excluding hydrogens is 424 g/mol. The van der Waals surface area contributed by atoms with Gasteiger partial charge in [0.05, 0.1) is 24.8 Å². The van der Waals surface area contributed by atoms with E-state index in [1.54, 1.807) is 36.4 Å². The summed E-state index contributed by atoms with van der Waals surface area (Å²) in [5, 5.41) is 12.1. The average Bonchev–Trinajstić information content (AvgIpc) is 2.65. The van der Waals surface area contributed by atoms with E-state index in [1.807, 2.05) is 19.9 Å². The second-order valence-electron chi connectivity index (χ2n) is 6.06. The van der Waals surface area contributed by atoms with E-state index >= 15 is 0 Å². The Bertz CT molecular complexity index is 932. The Morgan fingerprint density at radius 2 is 1.96 bits per heavy atom.